The summed E-state index contributed by atoms with van der Waals surface area (Å²) in [6, 6.07) is 6.89. The van der Waals surface area contributed by atoms with Gasteiger partial charge < -0.3 is 10.1 Å². The molecule has 1 atom stereocenters. The molecule has 0 spiro atoms. The van der Waals surface area contributed by atoms with Crippen LogP contribution in [0.15, 0.2) is 30.3 Å². The number of methoxy groups -OCH3 is 1. The molecule has 0 bridgehead atoms. The summed E-state index contributed by atoms with van der Waals surface area (Å²) >= 11 is 0. The molecule has 2 nitrogen and oxygen atoms in total. The van der Waals surface area contributed by atoms with E-state index in [1.807, 2.05) is 26.0 Å². The maximum atomic E-state index is 14.1. The van der Waals surface area contributed by atoms with E-state index in [0.717, 1.165) is 28.8 Å². The highest BCUT2D eigenvalue weighted by molar-refractivity contribution is 5.48. The quantitative estimate of drug-likeness (QED) is 0.922. The number of aryl methyl sites for hydroxylation is 2. The molecule has 2 rings (SSSR count). The van der Waals surface area contributed by atoms with Crippen LogP contribution in [0.1, 0.15) is 28.3 Å². The van der Waals surface area contributed by atoms with Gasteiger partial charge >= 0.3 is 0 Å². The van der Waals surface area contributed by atoms with E-state index in [9.17, 15) is 8.78 Å². The van der Waals surface area contributed by atoms with Crippen molar-refractivity contribution in [3.05, 3.63) is 64.2 Å². The second-order valence-corrected chi connectivity index (χ2v) is 5.09. The number of rotatable bonds is 4. The Hall–Kier alpha value is -1.94. The summed E-state index contributed by atoms with van der Waals surface area (Å²) in [5.74, 6) is -0.247. The third-order valence-corrected chi connectivity index (χ3v) is 3.56. The van der Waals surface area contributed by atoms with Gasteiger partial charge in [-0.15, -0.1) is 0 Å². The Bertz CT molecular complexity index is 655. The summed E-state index contributed by atoms with van der Waals surface area (Å²) in [5.41, 5.74) is 3.11. The van der Waals surface area contributed by atoms with Crippen LogP contribution in [0.3, 0.4) is 0 Å². The SMILES string of the molecule is CNC(c1cc(F)ccc1F)c1c(C)cc(C)cc1OC. The summed E-state index contributed by atoms with van der Waals surface area (Å²) in [7, 11) is 3.29. The average molecular weight is 291 g/mol. The van der Waals surface area contributed by atoms with Gasteiger partial charge in [0.15, 0.2) is 0 Å². The van der Waals surface area contributed by atoms with Gasteiger partial charge in [0.1, 0.15) is 17.4 Å². The lowest BCUT2D eigenvalue weighted by Crippen LogP contribution is -2.21. The van der Waals surface area contributed by atoms with Crippen LogP contribution in [0.4, 0.5) is 8.78 Å². The first kappa shape index (κ1) is 15.4. The topological polar surface area (TPSA) is 21.3 Å². The molecular formula is C17H19F2NO. The fourth-order valence-electron chi connectivity index (χ4n) is 2.67. The average Bonchev–Trinajstić information content (AvgIpc) is 2.44. The van der Waals surface area contributed by atoms with Crippen LogP contribution >= 0.6 is 0 Å². The van der Waals surface area contributed by atoms with Gasteiger partial charge in [0, 0.05) is 11.1 Å². The minimum absolute atomic E-state index is 0.266. The second-order valence-electron chi connectivity index (χ2n) is 5.09. The molecule has 0 amide bonds. The molecule has 112 valence electrons. The largest absolute Gasteiger partial charge is 0.496 e. The normalized spacial score (nSPS) is 12.3. The number of benzene rings is 2. The summed E-state index contributed by atoms with van der Waals surface area (Å²) in [6.07, 6.45) is 0. The first-order chi connectivity index (χ1) is 9.97. The van der Waals surface area contributed by atoms with Crippen LogP contribution in [-0.2, 0) is 0 Å². The summed E-state index contributed by atoms with van der Waals surface area (Å²) in [4.78, 5) is 0. The fraction of sp³-hybridized carbons (Fsp3) is 0.294. The van der Waals surface area contributed by atoms with Crippen LogP contribution in [0, 0.1) is 25.5 Å². The van der Waals surface area contributed by atoms with E-state index >= 15 is 0 Å². The molecule has 4 heteroatoms. The first-order valence-corrected chi connectivity index (χ1v) is 6.75. The van der Waals surface area contributed by atoms with Crippen molar-refractivity contribution in [2.45, 2.75) is 19.9 Å². The molecule has 1 N–H and O–H groups in total. The van der Waals surface area contributed by atoms with Crippen molar-refractivity contribution >= 4 is 0 Å². The molecular weight excluding hydrogens is 272 g/mol. The summed E-state index contributed by atoms with van der Waals surface area (Å²) in [5, 5.41) is 3.05. The highest BCUT2D eigenvalue weighted by atomic mass is 19.1. The van der Waals surface area contributed by atoms with E-state index in [1.54, 1.807) is 14.2 Å². The van der Waals surface area contributed by atoms with Gasteiger partial charge in [-0.2, -0.15) is 0 Å². The van der Waals surface area contributed by atoms with Crippen molar-refractivity contribution < 1.29 is 13.5 Å². The third-order valence-electron chi connectivity index (χ3n) is 3.56. The smallest absolute Gasteiger partial charge is 0.128 e. The number of halogens is 2. The molecule has 0 aliphatic heterocycles. The maximum absolute atomic E-state index is 14.1. The van der Waals surface area contributed by atoms with Gasteiger partial charge in [-0.3, -0.25) is 0 Å². The molecule has 0 aliphatic rings. The van der Waals surface area contributed by atoms with E-state index in [-0.39, 0.29) is 5.56 Å². The van der Waals surface area contributed by atoms with Crippen molar-refractivity contribution in [3.8, 4) is 5.75 Å². The Morgan fingerprint density at radius 1 is 1.10 bits per heavy atom. The number of nitrogens with one attached hydrogen (secondary N) is 1. The Labute approximate surface area is 123 Å². The Balaban J connectivity index is 2.64. The molecule has 0 aromatic heterocycles. The highest BCUT2D eigenvalue weighted by Crippen LogP contribution is 2.34. The molecule has 0 heterocycles. The van der Waals surface area contributed by atoms with E-state index in [4.69, 9.17) is 4.74 Å². The molecule has 0 fully saturated rings. The maximum Gasteiger partial charge on any atom is 0.128 e. The first-order valence-electron chi connectivity index (χ1n) is 6.75. The lowest BCUT2D eigenvalue weighted by Gasteiger charge is -2.23. The van der Waals surface area contributed by atoms with Gasteiger partial charge in [-0.05, 0) is 56.3 Å². The number of ether oxygens (including phenoxy) is 1. The monoisotopic (exact) mass is 291 g/mol. The third kappa shape index (κ3) is 3.05. The second kappa shape index (κ2) is 6.22. The Morgan fingerprint density at radius 3 is 2.43 bits per heavy atom. The Kier molecular flexibility index (Phi) is 4.58. The van der Waals surface area contributed by atoms with Crippen LogP contribution < -0.4 is 10.1 Å². The van der Waals surface area contributed by atoms with Crippen molar-refractivity contribution in [2.75, 3.05) is 14.2 Å². The Morgan fingerprint density at radius 2 is 1.81 bits per heavy atom. The van der Waals surface area contributed by atoms with Gasteiger partial charge in [0.2, 0.25) is 0 Å². The van der Waals surface area contributed by atoms with Crippen molar-refractivity contribution in [1.82, 2.24) is 5.32 Å². The predicted molar refractivity (Wildman–Crippen MR) is 79.7 cm³/mol. The molecule has 0 saturated carbocycles. The zero-order chi connectivity index (χ0) is 15.6. The van der Waals surface area contributed by atoms with Crippen LogP contribution in [0.2, 0.25) is 0 Å². The molecule has 2 aromatic carbocycles. The van der Waals surface area contributed by atoms with Gasteiger partial charge in [0.05, 0.1) is 13.2 Å². The summed E-state index contributed by atoms with van der Waals surface area (Å²) in [6.45, 7) is 3.91. The highest BCUT2D eigenvalue weighted by Gasteiger charge is 2.22. The zero-order valence-electron chi connectivity index (χ0n) is 12.6. The van der Waals surface area contributed by atoms with Crippen LogP contribution in [0.25, 0.3) is 0 Å². The minimum Gasteiger partial charge on any atom is -0.496 e. The standard InChI is InChI=1S/C17H19F2NO/c1-10-7-11(2)16(15(8-10)21-4)17(20-3)13-9-12(18)5-6-14(13)19/h5-9,17,20H,1-4H3. The predicted octanol–water partition coefficient (Wildman–Crippen LogP) is 3.90. The minimum atomic E-state index is -0.476. The molecule has 21 heavy (non-hydrogen) atoms. The fourth-order valence-corrected chi connectivity index (χ4v) is 2.67. The molecule has 0 saturated heterocycles. The van der Waals surface area contributed by atoms with Crippen molar-refractivity contribution in [2.24, 2.45) is 0 Å². The van der Waals surface area contributed by atoms with Crippen molar-refractivity contribution in [3.63, 3.8) is 0 Å². The van der Waals surface area contributed by atoms with Gasteiger partial charge in [0.25, 0.3) is 0 Å². The molecule has 2 aromatic rings. The molecule has 1 unspecified atom stereocenters. The van der Waals surface area contributed by atoms with Gasteiger partial charge in [-0.1, -0.05) is 6.07 Å². The number of hydrogen-bond donors (Lipinski definition) is 1. The molecule has 0 aliphatic carbocycles. The van der Waals surface area contributed by atoms with Crippen LogP contribution in [-0.4, -0.2) is 14.2 Å². The summed E-state index contributed by atoms with van der Waals surface area (Å²) < 4.78 is 33.0. The van der Waals surface area contributed by atoms with E-state index in [2.05, 4.69) is 5.32 Å². The molecule has 0 radical (unpaired) electrons. The van der Waals surface area contributed by atoms with Crippen LogP contribution in [0.5, 0.6) is 5.75 Å². The van der Waals surface area contributed by atoms with Crippen molar-refractivity contribution in [1.29, 1.82) is 0 Å². The van der Waals surface area contributed by atoms with E-state index < -0.39 is 17.7 Å². The van der Waals surface area contributed by atoms with E-state index in [0.29, 0.717) is 5.75 Å². The zero-order valence-corrected chi connectivity index (χ0v) is 12.6. The lowest BCUT2D eigenvalue weighted by molar-refractivity contribution is 0.403. The van der Waals surface area contributed by atoms with E-state index in [1.165, 1.54) is 6.07 Å². The lowest BCUT2D eigenvalue weighted by atomic mass is 9.92. The van der Waals surface area contributed by atoms with Gasteiger partial charge in [-0.25, -0.2) is 8.78 Å². The number of hydrogen-bond acceptors (Lipinski definition) is 2.